The second kappa shape index (κ2) is 47.3. The number of allylic oxidation sites excluding steroid dienone is 9. The summed E-state index contributed by atoms with van der Waals surface area (Å²) in [5.74, 6) is -0.206. The van der Waals surface area contributed by atoms with Gasteiger partial charge in [0.1, 0.15) is 13.2 Å². The summed E-state index contributed by atoms with van der Waals surface area (Å²) in [6.45, 7) is 4.55. The van der Waals surface area contributed by atoms with Crippen molar-refractivity contribution in [3.8, 4) is 0 Å². The zero-order valence-corrected chi connectivity index (χ0v) is 44.1. The lowest BCUT2D eigenvalue weighted by atomic mass is 10.0. The minimum Gasteiger partial charge on any atom is -0.756 e. The minimum atomic E-state index is -4.60. The van der Waals surface area contributed by atoms with Gasteiger partial charge in [0.2, 0.25) is 5.91 Å². The standard InChI is InChI=1S/C56H105N2O6P/c1-6-8-10-12-14-16-18-20-22-24-26-28-30-31-33-35-37-39-41-43-45-47-49-55(59)54(53-64-65(61,62)63-52-51-58(3,4)5)57-56(60)50-48-46-44-42-40-38-36-34-32-29-27-25-23-21-19-17-15-13-11-9-7-2/h9,11,15,17,21,23,27,29,47,49,54-55,59H,6-8,10,12-14,16,18-20,22,24-26,28,30-46,48,50-53H2,1-5H3,(H-,57,60,61,62)/b11-9-,17-15-,23-21-,29-27-,49-47+. The van der Waals surface area contributed by atoms with Crippen LogP contribution in [0, 0.1) is 0 Å². The molecule has 0 spiro atoms. The van der Waals surface area contributed by atoms with Crippen LogP contribution in [0.4, 0.5) is 0 Å². The van der Waals surface area contributed by atoms with E-state index in [1.165, 1.54) is 141 Å². The molecule has 0 aliphatic carbocycles. The highest BCUT2D eigenvalue weighted by Gasteiger charge is 2.23. The Morgan fingerprint density at radius 3 is 1.37 bits per heavy atom. The number of carbonyl (C=O) groups is 1. The zero-order chi connectivity index (χ0) is 47.8. The fourth-order valence-corrected chi connectivity index (χ4v) is 8.46. The lowest BCUT2D eigenvalue weighted by Gasteiger charge is -2.29. The summed E-state index contributed by atoms with van der Waals surface area (Å²) in [5, 5.41) is 13.9. The number of unbranched alkanes of at least 4 members (excludes halogenated alkanes) is 28. The molecule has 65 heavy (non-hydrogen) atoms. The molecule has 2 N–H and O–H groups in total. The van der Waals surface area contributed by atoms with Gasteiger partial charge in [0.05, 0.1) is 39.9 Å². The van der Waals surface area contributed by atoms with Crippen molar-refractivity contribution in [1.82, 2.24) is 5.32 Å². The third-order valence-electron chi connectivity index (χ3n) is 12.0. The van der Waals surface area contributed by atoms with Crippen LogP contribution in [0.3, 0.4) is 0 Å². The van der Waals surface area contributed by atoms with Gasteiger partial charge in [-0.05, 0) is 57.8 Å². The van der Waals surface area contributed by atoms with Crippen molar-refractivity contribution < 1.29 is 32.9 Å². The molecule has 8 nitrogen and oxygen atoms in total. The van der Waals surface area contributed by atoms with Gasteiger partial charge in [-0.3, -0.25) is 9.36 Å². The number of aliphatic hydroxyl groups is 1. The average molecular weight is 933 g/mol. The molecular formula is C56H105N2O6P. The van der Waals surface area contributed by atoms with E-state index in [0.29, 0.717) is 17.4 Å². The molecule has 0 fully saturated rings. The molecule has 0 aliphatic rings. The number of quaternary nitrogens is 1. The highest BCUT2D eigenvalue weighted by molar-refractivity contribution is 7.45. The first-order valence-corrected chi connectivity index (χ1v) is 28.6. The molecule has 1 amide bonds. The van der Waals surface area contributed by atoms with Crippen LogP contribution in [0.1, 0.15) is 239 Å². The Labute approximate surface area is 402 Å². The van der Waals surface area contributed by atoms with E-state index in [1.54, 1.807) is 6.08 Å². The van der Waals surface area contributed by atoms with Crippen molar-refractivity contribution in [3.63, 3.8) is 0 Å². The second-order valence-corrected chi connectivity index (χ2v) is 21.0. The third-order valence-corrected chi connectivity index (χ3v) is 12.9. The van der Waals surface area contributed by atoms with Gasteiger partial charge in [0, 0.05) is 6.42 Å². The van der Waals surface area contributed by atoms with E-state index in [2.05, 4.69) is 67.8 Å². The number of hydrogen-bond donors (Lipinski definition) is 2. The van der Waals surface area contributed by atoms with E-state index in [0.717, 1.165) is 77.0 Å². The van der Waals surface area contributed by atoms with Gasteiger partial charge in [-0.2, -0.15) is 0 Å². The summed E-state index contributed by atoms with van der Waals surface area (Å²) in [7, 11) is 1.25. The van der Waals surface area contributed by atoms with Crippen molar-refractivity contribution in [2.45, 2.75) is 251 Å². The number of nitrogens with one attached hydrogen (secondary N) is 1. The smallest absolute Gasteiger partial charge is 0.268 e. The predicted molar refractivity (Wildman–Crippen MR) is 279 cm³/mol. The summed E-state index contributed by atoms with van der Waals surface area (Å²) in [4.78, 5) is 25.5. The molecule has 0 aliphatic heterocycles. The molecule has 0 radical (unpaired) electrons. The van der Waals surface area contributed by atoms with Crippen LogP contribution < -0.4 is 10.2 Å². The first-order chi connectivity index (χ1) is 31.5. The first kappa shape index (κ1) is 63.2. The van der Waals surface area contributed by atoms with E-state index >= 15 is 0 Å². The quantitative estimate of drug-likeness (QED) is 0.0272. The summed E-state index contributed by atoms with van der Waals surface area (Å²) < 4.78 is 23.3. The Bertz CT molecular complexity index is 1240. The fraction of sp³-hybridized carbons (Fsp3) is 0.804. The third kappa shape index (κ3) is 49.9. The molecule has 0 bridgehead atoms. The molecule has 0 saturated carbocycles. The van der Waals surface area contributed by atoms with E-state index < -0.39 is 20.0 Å². The summed E-state index contributed by atoms with van der Waals surface area (Å²) in [6, 6.07) is -0.894. The number of aliphatic hydroxyl groups excluding tert-OH is 1. The maximum Gasteiger partial charge on any atom is 0.268 e. The lowest BCUT2D eigenvalue weighted by molar-refractivity contribution is -0.870. The van der Waals surface area contributed by atoms with Gasteiger partial charge < -0.3 is 28.8 Å². The number of amides is 1. The second-order valence-electron chi connectivity index (χ2n) is 19.6. The number of nitrogens with zero attached hydrogens (tertiary/aromatic N) is 1. The molecule has 0 saturated heterocycles. The van der Waals surface area contributed by atoms with Crippen LogP contribution in [0.5, 0.6) is 0 Å². The van der Waals surface area contributed by atoms with Crippen LogP contribution in [0.2, 0.25) is 0 Å². The van der Waals surface area contributed by atoms with Gasteiger partial charge in [-0.15, -0.1) is 0 Å². The molecule has 0 aromatic heterocycles. The van der Waals surface area contributed by atoms with Crippen LogP contribution in [0.15, 0.2) is 60.8 Å². The fourth-order valence-electron chi connectivity index (χ4n) is 7.73. The number of phosphoric ester groups is 1. The Morgan fingerprint density at radius 2 is 0.938 bits per heavy atom. The van der Waals surface area contributed by atoms with E-state index in [-0.39, 0.29) is 19.1 Å². The molecule has 0 aromatic rings. The Kier molecular flexibility index (Phi) is 46.0. The molecular weight excluding hydrogens is 828 g/mol. The molecule has 0 heterocycles. The summed E-state index contributed by atoms with van der Waals surface area (Å²) in [5.41, 5.74) is 0. The van der Waals surface area contributed by atoms with Crippen molar-refractivity contribution >= 4 is 13.7 Å². The summed E-state index contributed by atoms with van der Waals surface area (Å²) in [6.07, 6.45) is 62.8. The van der Waals surface area contributed by atoms with E-state index in [9.17, 15) is 19.4 Å². The first-order valence-electron chi connectivity index (χ1n) is 27.2. The van der Waals surface area contributed by atoms with Crippen molar-refractivity contribution in [1.29, 1.82) is 0 Å². The van der Waals surface area contributed by atoms with Crippen LogP contribution in [0.25, 0.3) is 0 Å². The highest BCUT2D eigenvalue weighted by atomic mass is 31.2. The monoisotopic (exact) mass is 933 g/mol. The maximum absolute atomic E-state index is 12.9. The summed E-state index contributed by atoms with van der Waals surface area (Å²) >= 11 is 0. The number of hydrogen-bond acceptors (Lipinski definition) is 6. The van der Waals surface area contributed by atoms with Gasteiger partial charge in [0.15, 0.2) is 0 Å². The molecule has 3 unspecified atom stereocenters. The number of phosphoric acid groups is 1. The predicted octanol–water partition coefficient (Wildman–Crippen LogP) is 15.5. The van der Waals surface area contributed by atoms with Gasteiger partial charge >= 0.3 is 0 Å². The van der Waals surface area contributed by atoms with Crippen LogP contribution in [-0.4, -0.2) is 68.5 Å². The molecule has 380 valence electrons. The van der Waals surface area contributed by atoms with Crippen molar-refractivity contribution in [3.05, 3.63) is 60.8 Å². The number of carbonyl (C=O) groups excluding carboxylic acids is 1. The van der Waals surface area contributed by atoms with Crippen molar-refractivity contribution in [2.24, 2.45) is 0 Å². The SMILES string of the molecule is CC/C=C\C/C=C\C/C=C\C/C=C\CCCCCCCCCCC(=O)NC(COP(=O)([O-])OCC[N+](C)(C)C)C(O)/C=C/CCCCCCCCCCCCCCCCCCCCCC. The zero-order valence-electron chi connectivity index (χ0n) is 43.2. The van der Waals surface area contributed by atoms with Crippen LogP contribution >= 0.6 is 7.82 Å². The maximum atomic E-state index is 12.9. The van der Waals surface area contributed by atoms with Crippen molar-refractivity contribution in [2.75, 3.05) is 40.9 Å². The number of likely N-dealkylation sites (N-methyl/N-ethyl adjacent to an activating group) is 1. The highest BCUT2D eigenvalue weighted by Crippen LogP contribution is 2.38. The van der Waals surface area contributed by atoms with E-state index in [4.69, 9.17) is 9.05 Å². The van der Waals surface area contributed by atoms with Gasteiger partial charge in [0.25, 0.3) is 7.82 Å². The molecule has 3 atom stereocenters. The Morgan fingerprint density at radius 1 is 0.554 bits per heavy atom. The van der Waals surface area contributed by atoms with Gasteiger partial charge in [-0.25, -0.2) is 0 Å². The minimum absolute atomic E-state index is 0.00470. The molecule has 0 aromatic carbocycles. The van der Waals surface area contributed by atoms with Gasteiger partial charge in [-0.1, -0.05) is 235 Å². The number of rotatable bonds is 49. The molecule has 9 heteroatoms. The largest absolute Gasteiger partial charge is 0.756 e. The topological polar surface area (TPSA) is 108 Å². The van der Waals surface area contributed by atoms with Crippen LogP contribution in [-0.2, 0) is 18.4 Å². The lowest BCUT2D eigenvalue weighted by Crippen LogP contribution is -2.45. The Balaban J connectivity index is 4.29. The van der Waals surface area contributed by atoms with E-state index in [1.807, 2.05) is 27.2 Å². The normalized spacial score (nSPS) is 14.5. The Hall–Kier alpha value is -1.80. The average Bonchev–Trinajstić information content (AvgIpc) is 3.26. The molecule has 0 rings (SSSR count).